The van der Waals surface area contributed by atoms with Gasteiger partial charge in [0.1, 0.15) is 5.75 Å². The smallest absolute Gasteiger partial charge is 0.253 e. The molecular weight excluding hydrogens is 292 g/mol. The minimum atomic E-state index is -0.170. The van der Waals surface area contributed by atoms with Crippen molar-refractivity contribution in [1.82, 2.24) is 10.3 Å². The first-order valence-electron chi connectivity index (χ1n) is 7.57. The van der Waals surface area contributed by atoms with E-state index in [2.05, 4.69) is 10.3 Å². The summed E-state index contributed by atoms with van der Waals surface area (Å²) in [6, 6.07) is 10.9. The van der Waals surface area contributed by atoms with Crippen molar-refractivity contribution in [3.8, 4) is 11.6 Å². The lowest BCUT2D eigenvalue weighted by molar-refractivity contribution is 0.0939. The van der Waals surface area contributed by atoms with Crippen molar-refractivity contribution in [3.63, 3.8) is 0 Å². The van der Waals surface area contributed by atoms with Gasteiger partial charge in [0.2, 0.25) is 5.88 Å². The van der Waals surface area contributed by atoms with Crippen LogP contribution in [-0.4, -0.2) is 24.1 Å². The quantitative estimate of drug-likeness (QED) is 0.888. The molecular formula is C18H22N2O3. The third-order valence-electron chi connectivity index (χ3n) is 3.32. The Kier molecular flexibility index (Phi) is 5.57. The fraction of sp³-hybridized carbons (Fsp3) is 0.333. The Morgan fingerprint density at radius 3 is 2.30 bits per heavy atom. The molecule has 0 bridgehead atoms. The molecule has 5 nitrogen and oxygen atoms in total. The number of benzene rings is 1. The van der Waals surface area contributed by atoms with Crippen molar-refractivity contribution < 1.29 is 14.3 Å². The molecule has 1 aromatic heterocycles. The lowest BCUT2D eigenvalue weighted by Crippen LogP contribution is -2.26. The molecule has 0 aliphatic carbocycles. The standard InChI is InChI=1S/C18H22N2O3/c1-12(2)23-17-10-7-15(11-19-17)18(21)20-13(3)14-5-8-16(22-4)9-6-14/h5-13H,1-4H3,(H,20,21). The predicted octanol–water partition coefficient (Wildman–Crippen LogP) is 3.37. The van der Waals surface area contributed by atoms with E-state index >= 15 is 0 Å². The van der Waals surface area contributed by atoms with E-state index < -0.39 is 0 Å². The summed E-state index contributed by atoms with van der Waals surface area (Å²) in [5.74, 6) is 1.13. The Morgan fingerprint density at radius 2 is 1.78 bits per heavy atom. The van der Waals surface area contributed by atoms with E-state index in [1.165, 1.54) is 6.20 Å². The van der Waals surface area contributed by atoms with Gasteiger partial charge in [-0.15, -0.1) is 0 Å². The third-order valence-corrected chi connectivity index (χ3v) is 3.32. The highest BCUT2D eigenvalue weighted by atomic mass is 16.5. The molecule has 1 atom stereocenters. The Bertz CT molecular complexity index is 636. The summed E-state index contributed by atoms with van der Waals surface area (Å²) in [4.78, 5) is 16.4. The molecule has 23 heavy (non-hydrogen) atoms. The molecule has 5 heteroatoms. The van der Waals surface area contributed by atoms with E-state index in [-0.39, 0.29) is 18.1 Å². The maximum Gasteiger partial charge on any atom is 0.253 e. The van der Waals surface area contributed by atoms with Crippen molar-refractivity contribution >= 4 is 5.91 Å². The van der Waals surface area contributed by atoms with Crippen LogP contribution in [0.15, 0.2) is 42.6 Å². The van der Waals surface area contributed by atoms with Crippen molar-refractivity contribution in [2.75, 3.05) is 7.11 Å². The Morgan fingerprint density at radius 1 is 1.09 bits per heavy atom. The van der Waals surface area contributed by atoms with Gasteiger partial charge in [-0.3, -0.25) is 4.79 Å². The van der Waals surface area contributed by atoms with Crippen LogP contribution in [0.5, 0.6) is 11.6 Å². The highest BCUT2D eigenvalue weighted by Gasteiger charge is 2.12. The van der Waals surface area contributed by atoms with E-state index in [9.17, 15) is 4.79 Å². The molecule has 2 rings (SSSR count). The number of rotatable bonds is 6. The normalized spacial score (nSPS) is 11.9. The van der Waals surface area contributed by atoms with Crippen LogP contribution in [0.2, 0.25) is 0 Å². The fourth-order valence-electron chi connectivity index (χ4n) is 2.08. The SMILES string of the molecule is COc1ccc(C(C)NC(=O)c2ccc(OC(C)C)nc2)cc1. The number of hydrogen-bond acceptors (Lipinski definition) is 4. The van der Waals surface area contributed by atoms with Crippen molar-refractivity contribution in [2.24, 2.45) is 0 Å². The Labute approximate surface area is 136 Å². The second-order valence-electron chi connectivity index (χ2n) is 5.52. The molecule has 0 aliphatic rings. The average Bonchev–Trinajstić information content (AvgIpc) is 2.55. The van der Waals surface area contributed by atoms with Crippen LogP contribution in [0.3, 0.4) is 0 Å². The lowest BCUT2D eigenvalue weighted by Gasteiger charge is -2.15. The number of carbonyl (C=O) groups excluding carboxylic acids is 1. The van der Waals surface area contributed by atoms with Gasteiger partial charge in [0, 0.05) is 12.3 Å². The van der Waals surface area contributed by atoms with Gasteiger partial charge < -0.3 is 14.8 Å². The summed E-state index contributed by atoms with van der Waals surface area (Å²) in [5.41, 5.74) is 1.51. The molecule has 1 amide bonds. The van der Waals surface area contributed by atoms with Gasteiger partial charge in [0.25, 0.3) is 5.91 Å². The number of nitrogens with one attached hydrogen (secondary N) is 1. The van der Waals surface area contributed by atoms with Gasteiger partial charge in [-0.25, -0.2) is 4.98 Å². The van der Waals surface area contributed by atoms with E-state index in [4.69, 9.17) is 9.47 Å². The molecule has 0 saturated heterocycles. The largest absolute Gasteiger partial charge is 0.497 e. The number of hydrogen-bond donors (Lipinski definition) is 1. The molecule has 1 aromatic carbocycles. The number of aromatic nitrogens is 1. The third kappa shape index (κ3) is 4.71. The Balaban J connectivity index is 1.99. The second kappa shape index (κ2) is 7.63. The zero-order chi connectivity index (χ0) is 16.8. The Hall–Kier alpha value is -2.56. The van der Waals surface area contributed by atoms with Crippen LogP contribution in [0.4, 0.5) is 0 Å². The molecule has 2 aromatic rings. The van der Waals surface area contributed by atoms with Crippen molar-refractivity contribution in [3.05, 3.63) is 53.7 Å². The van der Waals surface area contributed by atoms with Crippen LogP contribution in [0, 0.1) is 0 Å². The number of nitrogens with zero attached hydrogens (tertiary/aromatic N) is 1. The van der Waals surface area contributed by atoms with E-state index in [0.29, 0.717) is 11.4 Å². The number of pyridine rings is 1. The van der Waals surface area contributed by atoms with Gasteiger partial charge in [-0.05, 0) is 44.5 Å². The molecule has 122 valence electrons. The topological polar surface area (TPSA) is 60.5 Å². The monoisotopic (exact) mass is 314 g/mol. The molecule has 0 saturated carbocycles. The van der Waals surface area contributed by atoms with Crippen molar-refractivity contribution in [1.29, 1.82) is 0 Å². The van der Waals surface area contributed by atoms with Crippen LogP contribution < -0.4 is 14.8 Å². The van der Waals surface area contributed by atoms with Gasteiger partial charge >= 0.3 is 0 Å². The maximum absolute atomic E-state index is 12.3. The summed E-state index contributed by atoms with van der Waals surface area (Å²) in [5, 5.41) is 2.95. The first kappa shape index (κ1) is 16.8. The van der Waals surface area contributed by atoms with Crippen LogP contribution in [0.25, 0.3) is 0 Å². The molecule has 0 aliphatic heterocycles. The zero-order valence-electron chi connectivity index (χ0n) is 13.9. The first-order valence-corrected chi connectivity index (χ1v) is 7.57. The summed E-state index contributed by atoms with van der Waals surface area (Å²) in [7, 11) is 1.62. The van der Waals surface area contributed by atoms with Gasteiger partial charge in [-0.2, -0.15) is 0 Å². The predicted molar refractivity (Wildman–Crippen MR) is 88.9 cm³/mol. The summed E-state index contributed by atoms with van der Waals surface area (Å²) < 4.78 is 10.6. The lowest BCUT2D eigenvalue weighted by atomic mass is 10.1. The van der Waals surface area contributed by atoms with Crippen LogP contribution in [-0.2, 0) is 0 Å². The zero-order valence-corrected chi connectivity index (χ0v) is 13.9. The van der Waals surface area contributed by atoms with Crippen LogP contribution in [0.1, 0.15) is 42.7 Å². The van der Waals surface area contributed by atoms with Gasteiger partial charge in [-0.1, -0.05) is 12.1 Å². The molecule has 0 spiro atoms. The summed E-state index contributed by atoms with van der Waals surface area (Å²) >= 11 is 0. The van der Waals surface area contributed by atoms with Gasteiger partial charge in [0.05, 0.1) is 24.8 Å². The second-order valence-corrected chi connectivity index (χ2v) is 5.52. The van der Waals surface area contributed by atoms with Crippen molar-refractivity contribution in [2.45, 2.75) is 32.9 Å². The minimum absolute atomic E-state index is 0.0530. The average molecular weight is 314 g/mol. The number of amides is 1. The van der Waals surface area contributed by atoms with E-state index in [1.807, 2.05) is 45.0 Å². The van der Waals surface area contributed by atoms with Crippen LogP contribution >= 0.6 is 0 Å². The number of ether oxygens (including phenoxy) is 2. The number of carbonyl (C=O) groups is 1. The minimum Gasteiger partial charge on any atom is -0.497 e. The van der Waals surface area contributed by atoms with E-state index in [1.54, 1.807) is 19.2 Å². The summed E-state index contributed by atoms with van der Waals surface area (Å²) in [6.07, 6.45) is 1.57. The highest BCUT2D eigenvalue weighted by Crippen LogP contribution is 2.18. The summed E-state index contributed by atoms with van der Waals surface area (Å²) in [6.45, 7) is 5.79. The molecule has 1 unspecified atom stereocenters. The molecule has 1 N–H and O–H groups in total. The highest BCUT2D eigenvalue weighted by molar-refractivity contribution is 5.94. The number of methoxy groups -OCH3 is 1. The van der Waals surface area contributed by atoms with E-state index in [0.717, 1.165) is 11.3 Å². The van der Waals surface area contributed by atoms with Gasteiger partial charge in [0.15, 0.2) is 0 Å². The molecule has 1 heterocycles. The molecule has 0 fully saturated rings. The fourth-order valence-corrected chi connectivity index (χ4v) is 2.08. The molecule has 0 radical (unpaired) electrons. The maximum atomic E-state index is 12.3. The first-order chi connectivity index (χ1) is 11.0.